The molecular formula is C22H34Cl2SiTi. The van der Waals surface area contributed by atoms with Crippen LogP contribution in [-0.2, 0) is 21.7 Å². The van der Waals surface area contributed by atoms with Crippen LogP contribution >= 0.6 is 23.2 Å². The summed E-state index contributed by atoms with van der Waals surface area (Å²) >= 11 is 14.2. The summed E-state index contributed by atoms with van der Waals surface area (Å²) in [6.45, 7) is 23.0. The third kappa shape index (κ3) is 2.57. The van der Waals surface area contributed by atoms with E-state index in [4.69, 9.17) is 23.2 Å². The third-order valence-electron chi connectivity index (χ3n) is 8.41. The first-order valence-corrected chi connectivity index (χ1v) is 12.7. The van der Waals surface area contributed by atoms with Crippen LogP contribution in [0.15, 0.2) is 43.5 Å². The van der Waals surface area contributed by atoms with E-state index in [-0.39, 0.29) is 31.8 Å². The molecule has 0 fully saturated rings. The van der Waals surface area contributed by atoms with Crippen LogP contribution in [0.25, 0.3) is 0 Å². The Labute approximate surface area is 187 Å². The van der Waals surface area contributed by atoms with E-state index in [0.29, 0.717) is 0 Å². The molecule has 0 heterocycles. The summed E-state index contributed by atoms with van der Waals surface area (Å²) in [5.41, 5.74) is 8.23. The summed E-state index contributed by atoms with van der Waals surface area (Å²) in [7, 11) is -2.04. The van der Waals surface area contributed by atoms with Gasteiger partial charge in [0.05, 0.1) is 8.07 Å². The molecule has 144 valence electrons. The number of halogens is 2. The minimum Gasteiger partial charge on any atom is -0.0882 e. The van der Waals surface area contributed by atoms with Gasteiger partial charge in [-0.2, -0.15) is 0 Å². The Morgan fingerprint density at radius 2 is 0.923 bits per heavy atom. The van der Waals surface area contributed by atoms with Crippen LogP contribution in [0.3, 0.4) is 0 Å². The molecule has 0 aromatic heterocycles. The van der Waals surface area contributed by atoms with Crippen LogP contribution in [0.1, 0.15) is 69.2 Å². The molecule has 2 atom stereocenters. The SMILES string of the molecule is CC[Si](CC)(C1(C)C(C)=C(C)C(C)=C1Cl)C1(C)C(C)=C(C)C(C)=C1Cl.[Ti]. The maximum Gasteiger partial charge on any atom is 0.0868 e. The van der Waals surface area contributed by atoms with Gasteiger partial charge < -0.3 is 0 Å². The molecule has 0 amide bonds. The normalized spacial score (nSPS) is 30.0. The van der Waals surface area contributed by atoms with E-state index in [9.17, 15) is 0 Å². The Balaban J connectivity index is 0.00000338. The molecule has 2 aliphatic carbocycles. The maximum absolute atomic E-state index is 7.11. The number of rotatable bonds is 4. The molecule has 0 saturated carbocycles. The van der Waals surface area contributed by atoms with Gasteiger partial charge in [-0.25, -0.2) is 0 Å². The molecule has 0 aromatic carbocycles. The smallest absolute Gasteiger partial charge is 0.0868 e. The molecule has 2 aliphatic rings. The molecule has 2 rings (SSSR count). The number of hydrogen-bond acceptors (Lipinski definition) is 0. The molecular weight excluding hydrogens is 411 g/mol. The van der Waals surface area contributed by atoms with Gasteiger partial charge in [0.25, 0.3) is 0 Å². The van der Waals surface area contributed by atoms with E-state index in [0.717, 1.165) is 10.1 Å². The van der Waals surface area contributed by atoms with Crippen molar-refractivity contribution in [1.29, 1.82) is 0 Å². The summed E-state index contributed by atoms with van der Waals surface area (Å²) in [6, 6.07) is 2.33. The van der Waals surface area contributed by atoms with Crippen LogP contribution in [-0.4, -0.2) is 8.07 Å². The first-order chi connectivity index (χ1) is 11.4. The fraction of sp³-hybridized carbons (Fsp3) is 0.636. The van der Waals surface area contributed by atoms with E-state index < -0.39 is 8.07 Å². The Morgan fingerprint density at radius 1 is 0.654 bits per heavy atom. The predicted octanol–water partition coefficient (Wildman–Crippen LogP) is 8.72. The molecule has 0 spiro atoms. The topological polar surface area (TPSA) is 0 Å². The van der Waals surface area contributed by atoms with Crippen molar-refractivity contribution in [2.75, 3.05) is 0 Å². The molecule has 26 heavy (non-hydrogen) atoms. The molecule has 0 N–H and O–H groups in total. The van der Waals surface area contributed by atoms with E-state index >= 15 is 0 Å². The summed E-state index contributed by atoms with van der Waals surface area (Å²) in [6.07, 6.45) is 0. The van der Waals surface area contributed by atoms with Crippen LogP contribution < -0.4 is 0 Å². The second kappa shape index (κ2) is 7.71. The molecule has 2 unspecified atom stereocenters. The molecule has 0 saturated heterocycles. The van der Waals surface area contributed by atoms with Gasteiger partial charge in [-0.05, 0) is 63.8 Å². The number of allylic oxidation sites excluding steroid dienone is 8. The van der Waals surface area contributed by atoms with Crippen molar-refractivity contribution < 1.29 is 21.7 Å². The molecule has 0 aliphatic heterocycles. The van der Waals surface area contributed by atoms with Crippen molar-refractivity contribution in [3.63, 3.8) is 0 Å². The quantitative estimate of drug-likeness (QED) is 0.380. The fourth-order valence-corrected chi connectivity index (χ4v) is 15.0. The van der Waals surface area contributed by atoms with Crippen molar-refractivity contribution in [1.82, 2.24) is 0 Å². The van der Waals surface area contributed by atoms with Crippen molar-refractivity contribution in [2.45, 2.75) is 91.4 Å². The Hall–Kier alpha value is 0.471. The minimum absolute atomic E-state index is 0. The van der Waals surface area contributed by atoms with Crippen molar-refractivity contribution in [2.24, 2.45) is 0 Å². The first-order valence-electron chi connectivity index (χ1n) is 9.50. The van der Waals surface area contributed by atoms with Crippen LogP contribution in [0, 0.1) is 0 Å². The van der Waals surface area contributed by atoms with Crippen molar-refractivity contribution >= 4 is 31.3 Å². The largest absolute Gasteiger partial charge is 0.0882 e. The van der Waals surface area contributed by atoms with Crippen molar-refractivity contribution in [3.05, 3.63) is 43.5 Å². The van der Waals surface area contributed by atoms with Crippen LogP contribution in [0.2, 0.25) is 22.2 Å². The van der Waals surface area contributed by atoms with E-state index in [1.807, 2.05) is 0 Å². The first kappa shape index (κ1) is 24.5. The second-order valence-corrected chi connectivity index (χ2v) is 14.8. The molecule has 0 aromatic rings. The molecule has 0 bridgehead atoms. The van der Waals surface area contributed by atoms with Crippen LogP contribution in [0.4, 0.5) is 0 Å². The number of hydrogen-bond donors (Lipinski definition) is 0. The van der Waals surface area contributed by atoms with E-state index in [1.54, 1.807) is 0 Å². The average Bonchev–Trinajstić information content (AvgIpc) is 2.85. The third-order valence-corrected chi connectivity index (χ3v) is 17.5. The Kier molecular flexibility index (Phi) is 7.27. The summed E-state index contributed by atoms with van der Waals surface area (Å²) < 4.78 is 0. The van der Waals surface area contributed by atoms with Crippen molar-refractivity contribution in [3.8, 4) is 0 Å². The van der Waals surface area contributed by atoms with Gasteiger partial charge in [0.2, 0.25) is 0 Å². The maximum atomic E-state index is 7.11. The standard InChI is InChI=1S/C22H34Cl2Si.Ti/c1-11-25(12-2,21(9)17(7)13(3)15(5)19(21)23)22(10)18(8)14(4)16(6)20(22)24;/h11-12H2,1-10H3;. The molecule has 0 radical (unpaired) electrons. The average molecular weight is 445 g/mol. The molecule has 0 nitrogen and oxygen atoms in total. The van der Waals surface area contributed by atoms with Gasteiger partial charge in [0, 0.05) is 41.9 Å². The van der Waals surface area contributed by atoms with E-state index in [2.05, 4.69) is 69.2 Å². The van der Waals surface area contributed by atoms with E-state index in [1.165, 1.54) is 45.5 Å². The summed E-state index contributed by atoms with van der Waals surface area (Å²) in [5, 5.41) is 2.01. The zero-order valence-electron chi connectivity index (χ0n) is 18.2. The summed E-state index contributed by atoms with van der Waals surface area (Å²) in [5.74, 6) is 0. The fourth-order valence-electron chi connectivity index (χ4n) is 6.02. The van der Waals surface area contributed by atoms with Crippen LogP contribution in [0.5, 0.6) is 0 Å². The zero-order valence-corrected chi connectivity index (χ0v) is 22.2. The second-order valence-electron chi connectivity index (χ2n) is 8.42. The van der Waals surface area contributed by atoms with Gasteiger partial charge in [0.15, 0.2) is 0 Å². The van der Waals surface area contributed by atoms with Gasteiger partial charge >= 0.3 is 0 Å². The van der Waals surface area contributed by atoms with Gasteiger partial charge in [0.1, 0.15) is 0 Å². The zero-order chi connectivity index (χ0) is 19.5. The Morgan fingerprint density at radius 3 is 1.08 bits per heavy atom. The predicted molar refractivity (Wildman–Crippen MR) is 117 cm³/mol. The summed E-state index contributed by atoms with van der Waals surface area (Å²) in [4.78, 5) is 0. The minimum atomic E-state index is -2.04. The molecule has 4 heteroatoms. The van der Waals surface area contributed by atoms with Gasteiger partial charge in [-0.1, -0.05) is 74.1 Å². The Bertz CT molecular complexity index is 640. The van der Waals surface area contributed by atoms with Gasteiger partial charge in [-0.15, -0.1) is 0 Å². The van der Waals surface area contributed by atoms with Gasteiger partial charge in [-0.3, -0.25) is 0 Å². The monoisotopic (exact) mass is 444 g/mol.